The Labute approximate surface area is 141 Å². The van der Waals surface area contributed by atoms with Gasteiger partial charge in [0.05, 0.1) is 12.0 Å². The third-order valence-corrected chi connectivity index (χ3v) is 6.23. The molecule has 0 unspecified atom stereocenters. The Kier molecular flexibility index (Phi) is 4.60. The number of ether oxygens (including phenoxy) is 1. The number of hydrogen-bond donors (Lipinski definition) is 0. The molecule has 4 nitrogen and oxygen atoms in total. The molecule has 0 bridgehead atoms. The molecular weight excluding hydrogens is 329 g/mol. The molecule has 0 saturated heterocycles. The third kappa shape index (κ3) is 3.44. The number of aryl methyl sites for hydroxylation is 1. The molecule has 0 radical (unpaired) electrons. The number of hydrogen-bond acceptors (Lipinski definition) is 3. The summed E-state index contributed by atoms with van der Waals surface area (Å²) < 4.78 is 46.1. The fourth-order valence-corrected chi connectivity index (χ4v) is 4.59. The molecule has 1 aliphatic carbocycles. The number of rotatable bonds is 6. The van der Waals surface area contributed by atoms with Crippen LogP contribution in [0.4, 0.5) is 4.39 Å². The molecule has 3 rings (SSSR count). The number of sulfonamides is 1. The SMILES string of the molecule is COc1ccc(CN(C2CC2)S(=O)(=O)c2ccc(F)cc2C)cc1. The van der Waals surface area contributed by atoms with Gasteiger partial charge in [0, 0.05) is 12.6 Å². The van der Waals surface area contributed by atoms with Gasteiger partial charge in [-0.05, 0) is 61.2 Å². The van der Waals surface area contributed by atoms with Gasteiger partial charge >= 0.3 is 0 Å². The van der Waals surface area contributed by atoms with E-state index in [1.54, 1.807) is 14.0 Å². The van der Waals surface area contributed by atoms with Crippen LogP contribution in [0.1, 0.15) is 24.0 Å². The Morgan fingerprint density at radius 2 is 1.83 bits per heavy atom. The Morgan fingerprint density at radius 1 is 1.17 bits per heavy atom. The maximum absolute atomic E-state index is 13.3. The summed E-state index contributed by atoms with van der Waals surface area (Å²) in [4.78, 5) is 0.171. The third-order valence-electron chi connectivity index (χ3n) is 4.18. The van der Waals surface area contributed by atoms with Gasteiger partial charge in [-0.25, -0.2) is 12.8 Å². The van der Waals surface area contributed by atoms with Crippen molar-refractivity contribution in [2.75, 3.05) is 7.11 Å². The summed E-state index contributed by atoms with van der Waals surface area (Å²) in [7, 11) is -2.07. The van der Waals surface area contributed by atoms with Crippen LogP contribution in [0.2, 0.25) is 0 Å². The minimum Gasteiger partial charge on any atom is -0.497 e. The van der Waals surface area contributed by atoms with Crippen molar-refractivity contribution in [2.45, 2.75) is 37.2 Å². The predicted molar refractivity (Wildman–Crippen MR) is 89.9 cm³/mol. The zero-order valence-electron chi connectivity index (χ0n) is 13.7. The summed E-state index contributed by atoms with van der Waals surface area (Å²) in [5, 5.41) is 0. The first-order valence-corrected chi connectivity index (χ1v) is 9.27. The molecule has 0 aliphatic heterocycles. The van der Waals surface area contributed by atoms with E-state index >= 15 is 0 Å². The molecule has 6 heteroatoms. The highest BCUT2D eigenvalue weighted by atomic mass is 32.2. The molecule has 0 spiro atoms. The maximum atomic E-state index is 13.3. The maximum Gasteiger partial charge on any atom is 0.243 e. The predicted octanol–water partition coefficient (Wildman–Crippen LogP) is 3.50. The number of halogens is 1. The van der Waals surface area contributed by atoms with Crippen molar-refractivity contribution in [1.82, 2.24) is 4.31 Å². The van der Waals surface area contributed by atoms with E-state index in [4.69, 9.17) is 4.74 Å². The molecule has 0 heterocycles. The summed E-state index contributed by atoms with van der Waals surface area (Å²) in [6.07, 6.45) is 1.71. The summed E-state index contributed by atoms with van der Waals surface area (Å²) in [6, 6.07) is 11.2. The first-order chi connectivity index (χ1) is 11.4. The second-order valence-electron chi connectivity index (χ2n) is 6.04. The minimum atomic E-state index is -3.66. The first-order valence-electron chi connectivity index (χ1n) is 7.83. The molecule has 1 saturated carbocycles. The molecule has 128 valence electrons. The molecule has 0 atom stereocenters. The van der Waals surface area contributed by atoms with Crippen LogP contribution in [0.5, 0.6) is 5.75 Å². The summed E-state index contributed by atoms with van der Waals surface area (Å²) in [5.41, 5.74) is 1.32. The fraction of sp³-hybridized carbons (Fsp3) is 0.333. The molecule has 2 aromatic carbocycles. The molecule has 0 N–H and O–H groups in total. The smallest absolute Gasteiger partial charge is 0.243 e. The Hall–Kier alpha value is -1.92. The average molecular weight is 349 g/mol. The van der Waals surface area contributed by atoms with Gasteiger partial charge in [0.15, 0.2) is 0 Å². The Morgan fingerprint density at radius 3 is 2.38 bits per heavy atom. The van der Waals surface area contributed by atoms with Gasteiger partial charge in [-0.15, -0.1) is 0 Å². The fourth-order valence-electron chi connectivity index (χ4n) is 2.71. The molecule has 2 aromatic rings. The van der Waals surface area contributed by atoms with Crippen LogP contribution < -0.4 is 4.74 Å². The van der Waals surface area contributed by atoms with Gasteiger partial charge in [0.2, 0.25) is 10.0 Å². The van der Waals surface area contributed by atoms with Crippen LogP contribution in [0, 0.1) is 12.7 Å². The van der Waals surface area contributed by atoms with E-state index in [1.165, 1.54) is 22.5 Å². The lowest BCUT2D eigenvalue weighted by atomic mass is 10.2. The van der Waals surface area contributed by atoms with E-state index < -0.39 is 15.8 Å². The Balaban J connectivity index is 1.92. The number of nitrogens with zero attached hydrogens (tertiary/aromatic N) is 1. The van der Waals surface area contributed by atoms with E-state index in [0.717, 1.165) is 24.2 Å². The zero-order chi connectivity index (χ0) is 17.3. The molecule has 1 aliphatic rings. The standard InChI is InChI=1S/C18H20FNO3S/c1-13-11-15(19)5-10-18(13)24(21,22)20(16-6-7-16)12-14-3-8-17(23-2)9-4-14/h3-5,8-11,16H,6-7,12H2,1-2H3. The number of benzene rings is 2. The number of methoxy groups -OCH3 is 1. The van der Waals surface area contributed by atoms with E-state index in [2.05, 4.69) is 0 Å². The van der Waals surface area contributed by atoms with Gasteiger partial charge in [-0.3, -0.25) is 0 Å². The quantitative estimate of drug-likeness (QED) is 0.802. The molecular formula is C18H20FNO3S. The van der Waals surface area contributed by atoms with Crippen LogP contribution in [0.3, 0.4) is 0 Å². The van der Waals surface area contributed by atoms with Crippen LogP contribution >= 0.6 is 0 Å². The largest absolute Gasteiger partial charge is 0.497 e. The first kappa shape index (κ1) is 16.9. The van der Waals surface area contributed by atoms with Crippen LogP contribution in [-0.4, -0.2) is 25.9 Å². The van der Waals surface area contributed by atoms with Crippen molar-refractivity contribution < 1.29 is 17.5 Å². The van der Waals surface area contributed by atoms with Gasteiger partial charge in [-0.1, -0.05) is 12.1 Å². The van der Waals surface area contributed by atoms with Crippen LogP contribution in [-0.2, 0) is 16.6 Å². The molecule has 0 amide bonds. The minimum absolute atomic E-state index is 0.0153. The highest BCUT2D eigenvalue weighted by molar-refractivity contribution is 7.89. The summed E-state index contributed by atoms with van der Waals surface area (Å²) in [5.74, 6) is 0.300. The summed E-state index contributed by atoms with van der Waals surface area (Å²) >= 11 is 0. The zero-order valence-corrected chi connectivity index (χ0v) is 14.5. The van der Waals surface area contributed by atoms with Crippen molar-refractivity contribution >= 4 is 10.0 Å². The van der Waals surface area contributed by atoms with Crippen LogP contribution in [0.15, 0.2) is 47.4 Å². The van der Waals surface area contributed by atoms with Crippen molar-refractivity contribution in [3.05, 3.63) is 59.4 Å². The van der Waals surface area contributed by atoms with Crippen molar-refractivity contribution in [3.63, 3.8) is 0 Å². The van der Waals surface area contributed by atoms with Crippen molar-refractivity contribution in [2.24, 2.45) is 0 Å². The van der Waals surface area contributed by atoms with Crippen molar-refractivity contribution in [3.8, 4) is 5.75 Å². The second-order valence-corrected chi connectivity index (χ2v) is 7.90. The van der Waals surface area contributed by atoms with Gasteiger partial charge < -0.3 is 4.74 Å². The molecule has 0 aromatic heterocycles. The van der Waals surface area contributed by atoms with E-state index in [9.17, 15) is 12.8 Å². The van der Waals surface area contributed by atoms with Gasteiger partial charge in [-0.2, -0.15) is 4.31 Å². The van der Waals surface area contributed by atoms with E-state index in [-0.39, 0.29) is 10.9 Å². The highest BCUT2D eigenvalue weighted by Crippen LogP contribution is 2.34. The highest BCUT2D eigenvalue weighted by Gasteiger charge is 2.38. The second kappa shape index (κ2) is 6.53. The molecule has 1 fully saturated rings. The lowest BCUT2D eigenvalue weighted by Crippen LogP contribution is -2.33. The van der Waals surface area contributed by atoms with E-state index in [1.807, 2.05) is 24.3 Å². The lowest BCUT2D eigenvalue weighted by molar-refractivity contribution is 0.396. The lowest BCUT2D eigenvalue weighted by Gasteiger charge is -2.23. The Bertz CT molecular complexity index is 830. The van der Waals surface area contributed by atoms with E-state index in [0.29, 0.717) is 12.1 Å². The van der Waals surface area contributed by atoms with Gasteiger partial charge in [0.25, 0.3) is 0 Å². The topological polar surface area (TPSA) is 46.6 Å². The van der Waals surface area contributed by atoms with Crippen molar-refractivity contribution in [1.29, 1.82) is 0 Å². The normalized spacial score (nSPS) is 14.8. The summed E-state index contributed by atoms with van der Waals surface area (Å²) in [6.45, 7) is 1.92. The molecule has 24 heavy (non-hydrogen) atoms. The average Bonchev–Trinajstić information content (AvgIpc) is 3.37. The monoisotopic (exact) mass is 349 g/mol. The van der Waals surface area contributed by atoms with Gasteiger partial charge in [0.1, 0.15) is 11.6 Å². The van der Waals surface area contributed by atoms with Crippen LogP contribution in [0.25, 0.3) is 0 Å².